The molecule has 1 heterocycles. The van der Waals surface area contributed by atoms with Crippen LogP contribution in [-0.2, 0) is 0 Å². The van der Waals surface area contributed by atoms with E-state index in [-0.39, 0.29) is 24.6 Å². The Kier molecular flexibility index (Phi) is 2.75. The fourth-order valence-corrected chi connectivity index (χ4v) is 1.79. The Balaban J connectivity index is 2.19. The number of likely N-dealkylation sites (tertiary alicyclic amines) is 1. The van der Waals surface area contributed by atoms with Crippen molar-refractivity contribution in [3.8, 4) is 0 Å². The van der Waals surface area contributed by atoms with Crippen LogP contribution in [0.3, 0.4) is 0 Å². The zero-order valence-corrected chi connectivity index (χ0v) is 9.37. The second-order valence-corrected chi connectivity index (χ2v) is 4.40. The summed E-state index contributed by atoms with van der Waals surface area (Å²) in [6, 6.07) is 4.31. The molecule has 3 nitrogen and oxygen atoms in total. The van der Waals surface area contributed by atoms with E-state index in [0.29, 0.717) is 4.47 Å². The molecule has 0 unspecified atom stereocenters. The Morgan fingerprint density at radius 1 is 1.53 bits per heavy atom. The number of aliphatic hydroxyl groups excluding tert-OH is 1. The quantitative estimate of drug-likeness (QED) is 0.841. The van der Waals surface area contributed by atoms with Gasteiger partial charge in [-0.05, 0) is 18.2 Å². The van der Waals surface area contributed by atoms with Gasteiger partial charge in [0.1, 0.15) is 5.82 Å². The van der Waals surface area contributed by atoms with Crippen LogP contribution in [0.15, 0.2) is 22.7 Å². The Morgan fingerprint density at radius 3 is 2.73 bits per heavy atom. The maximum absolute atomic E-state index is 13.4. The van der Waals surface area contributed by atoms with E-state index < -0.39 is 11.9 Å². The molecule has 0 bridgehead atoms. The number of hydrogen-bond acceptors (Lipinski definition) is 2. The molecule has 0 radical (unpaired) electrons. The van der Waals surface area contributed by atoms with Crippen molar-refractivity contribution in [3.63, 3.8) is 0 Å². The Morgan fingerprint density at radius 2 is 2.20 bits per heavy atom. The second kappa shape index (κ2) is 3.90. The van der Waals surface area contributed by atoms with E-state index in [4.69, 9.17) is 5.11 Å². The van der Waals surface area contributed by atoms with Crippen molar-refractivity contribution in [2.45, 2.75) is 6.10 Å². The number of aliphatic hydroxyl groups is 1. The summed E-state index contributed by atoms with van der Waals surface area (Å²) in [6.07, 6.45) is -0.465. The Labute approximate surface area is 94.6 Å². The molecule has 1 amide bonds. The van der Waals surface area contributed by atoms with E-state index in [1.807, 2.05) is 0 Å². The summed E-state index contributed by atoms with van der Waals surface area (Å²) in [5.74, 6) is -0.916. The van der Waals surface area contributed by atoms with E-state index in [9.17, 15) is 9.18 Å². The molecule has 2 rings (SSSR count). The molecule has 1 aromatic rings. The predicted octanol–water partition coefficient (Wildman–Crippen LogP) is 1.40. The fraction of sp³-hybridized carbons (Fsp3) is 0.300. The van der Waals surface area contributed by atoms with Crippen LogP contribution in [0.2, 0.25) is 0 Å². The number of amides is 1. The lowest BCUT2D eigenvalue weighted by atomic mass is 10.1. The number of carbonyl (C=O) groups is 1. The first-order chi connectivity index (χ1) is 7.08. The van der Waals surface area contributed by atoms with E-state index in [0.717, 1.165) is 0 Å². The van der Waals surface area contributed by atoms with Crippen molar-refractivity contribution in [2.75, 3.05) is 13.1 Å². The Hall–Kier alpha value is -0.940. The summed E-state index contributed by atoms with van der Waals surface area (Å²) in [6.45, 7) is 0.572. The highest BCUT2D eigenvalue weighted by molar-refractivity contribution is 9.10. The van der Waals surface area contributed by atoms with Gasteiger partial charge in [-0.15, -0.1) is 0 Å². The van der Waals surface area contributed by atoms with Gasteiger partial charge in [0, 0.05) is 17.6 Å². The molecule has 1 fully saturated rings. The molecule has 1 N–H and O–H groups in total. The van der Waals surface area contributed by atoms with E-state index in [1.165, 1.54) is 17.0 Å². The van der Waals surface area contributed by atoms with Gasteiger partial charge in [-0.1, -0.05) is 15.9 Å². The molecule has 15 heavy (non-hydrogen) atoms. The van der Waals surface area contributed by atoms with Gasteiger partial charge in [0.05, 0.1) is 11.7 Å². The number of β-amino-alcohol motifs (C(OH)–C–C–N with tert-alkyl or cyclic N) is 1. The van der Waals surface area contributed by atoms with Gasteiger partial charge in [-0.25, -0.2) is 4.39 Å². The van der Waals surface area contributed by atoms with Crippen molar-refractivity contribution in [1.82, 2.24) is 4.90 Å². The lowest BCUT2D eigenvalue weighted by Gasteiger charge is -2.35. The van der Waals surface area contributed by atoms with Gasteiger partial charge in [-0.2, -0.15) is 0 Å². The van der Waals surface area contributed by atoms with Crippen LogP contribution < -0.4 is 0 Å². The molecular weight excluding hydrogens is 265 g/mol. The zero-order valence-electron chi connectivity index (χ0n) is 7.78. The Bertz CT molecular complexity index is 404. The summed E-state index contributed by atoms with van der Waals surface area (Å²) in [5, 5.41) is 9.03. The highest BCUT2D eigenvalue weighted by atomic mass is 79.9. The summed E-state index contributed by atoms with van der Waals surface area (Å²) in [5.41, 5.74) is 0.0464. The van der Waals surface area contributed by atoms with Gasteiger partial charge in [-0.3, -0.25) is 4.79 Å². The van der Waals surface area contributed by atoms with Crippen molar-refractivity contribution in [1.29, 1.82) is 0 Å². The molecule has 1 aliphatic heterocycles. The average molecular weight is 274 g/mol. The van der Waals surface area contributed by atoms with E-state index in [2.05, 4.69) is 15.9 Å². The van der Waals surface area contributed by atoms with Crippen molar-refractivity contribution >= 4 is 21.8 Å². The van der Waals surface area contributed by atoms with Crippen LogP contribution in [0.5, 0.6) is 0 Å². The number of halogens is 2. The van der Waals surface area contributed by atoms with Crippen molar-refractivity contribution in [2.24, 2.45) is 0 Å². The SMILES string of the molecule is O=C(c1ccc(Br)cc1F)N1CC(O)C1. The lowest BCUT2D eigenvalue weighted by Crippen LogP contribution is -2.53. The molecule has 5 heteroatoms. The number of carbonyl (C=O) groups excluding carboxylic acids is 1. The minimum atomic E-state index is -0.546. The first-order valence-electron chi connectivity index (χ1n) is 4.50. The number of rotatable bonds is 1. The predicted molar refractivity (Wildman–Crippen MR) is 56.0 cm³/mol. The normalized spacial score (nSPS) is 16.3. The maximum Gasteiger partial charge on any atom is 0.257 e. The summed E-state index contributed by atoms with van der Waals surface area (Å²) in [7, 11) is 0. The summed E-state index contributed by atoms with van der Waals surface area (Å²) in [4.78, 5) is 13.1. The molecule has 80 valence electrons. The van der Waals surface area contributed by atoms with Crippen LogP contribution >= 0.6 is 15.9 Å². The number of nitrogens with zero attached hydrogens (tertiary/aromatic N) is 1. The topological polar surface area (TPSA) is 40.5 Å². The highest BCUT2D eigenvalue weighted by Gasteiger charge is 2.30. The average Bonchev–Trinajstić information content (AvgIpc) is 2.12. The smallest absolute Gasteiger partial charge is 0.257 e. The minimum absolute atomic E-state index is 0.0464. The van der Waals surface area contributed by atoms with Crippen LogP contribution in [0.1, 0.15) is 10.4 Å². The van der Waals surface area contributed by atoms with Gasteiger partial charge in [0.15, 0.2) is 0 Å². The molecule has 1 aliphatic rings. The summed E-state index contributed by atoms with van der Waals surface area (Å²) < 4.78 is 14.0. The zero-order chi connectivity index (χ0) is 11.0. The third-order valence-corrected chi connectivity index (χ3v) is 2.80. The number of hydrogen-bond donors (Lipinski definition) is 1. The second-order valence-electron chi connectivity index (χ2n) is 3.49. The largest absolute Gasteiger partial charge is 0.389 e. The molecule has 1 aromatic carbocycles. The fourth-order valence-electron chi connectivity index (χ4n) is 1.45. The van der Waals surface area contributed by atoms with Crippen molar-refractivity contribution in [3.05, 3.63) is 34.1 Å². The van der Waals surface area contributed by atoms with Gasteiger partial charge in [0.25, 0.3) is 5.91 Å². The van der Waals surface area contributed by atoms with Crippen LogP contribution in [0.25, 0.3) is 0 Å². The van der Waals surface area contributed by atoms with Gasteiger partial charge in [0.2, 0.25) is 0 Å². The highest BCUT2D eigenvalue weighted by Crippen LogP contribution is 2.19. The van der Waals surface area contributed by atoms with E-state index in [1.54, 1.807) is 6.07 Å². The summed E-state index contributed by atoms with van der Waals surface area (Å²) >= 11 is 3.12. The molecule has 0 aliphatic carbocycles. The molecule has 1 saturated heterocycles. The monoisotopic (exact) mass is 273 g/mol. The maximum atomic E-state index is 13.4. The van der Waals surface area contributed by atoms with Gasteiger partial charge < -0.3 is 10.0 Å². The molecule has 0 spiro atoms. The van der Waals surface area contributed by atoms with Crippen molar-refractivity contribution < 1.29 is 14.3 Å². The van der Waals surface area contributed by atoms with Crippen LogP contribution in [0, 0.1) is 5.82 Å². The first-order valence-corrected chi connectivity index (χ1v) is 5.29. The van der Waals surface area contributed by atoms with Crippen LogP contribution in [-0.4, -0.2) is 35.1 Å². The van der Waals surface area contributed by atoms with Crippen LogP contribution in [0.4, 0.5) is 4.39 Å². The molecular formula is C10H9BrFNO2. The van der Waals surface area contributed by atoms with Gasteiger partial charge >= 0.3 is 0 Å². The third-order valence-electron chi connectivity index (χ3n) is 2.31. The molecule has 0 saturated carbocycles. The van der Waals surface area contributed by atoms with E-state index >= 15 is 0 Å². The number of benzene rings is 1. The third kappa shape index (κ3) is 2.03. The molecule has 0 atom stereocenters. The lowest BCUT2D eigenvalue weighted by molar-refractivity contribution is 0.00559. The first kappa shape index (κ1) is 10.6. The molecule has 0 aromatic heterocycles. The minimum Gasteiger partial charge on any atom is -0.389 e. The standard InChI is InChI=1S/C10H9BrFNO2/c11-6-1-2-8(9(12)3-6)10(15)13-4-7(14)5-13/h1-3,7,14H,4-5H2.